The van der Waals surface area contributed by atoms with Crippen LogP contribution in [0, 0.1) is 11.7 Å². The number of halogens is 1. The fraction of sp³-hybridized carbons (Fsp3) is 0.625. The van der Waals surface area contributed by atoms with Crippen LogP contribution in [0.5, 0.6) is 0 Å². The molecule has 0 radical (unpaired) electrons. The standard InChI is InChI=1S/C16H26FN3/c1-3-13(2)15(18)12-19-8-10-20(11-9-19)16-7-5-4-6-14(16)17/h4-7,13,15H,3,8-12,18H2,1-2H3. The third kappa shape index (κ3) is 3.70. The van der Waals surface area contributed by atoms with Crippen molar-refractivity contribution >= 4 is 5.69 Å². The van der Waals surface area contributed by atoms with E-state index in [0.29, 0.717) is 5.92 Å². The number of nitrogens with zero attached hydrogens (tertiary/aromatic N) is 2. The second kappa shape index (κ2) is 7.04. The Balaban J connectivity index is 1.85. The van der Waals surface area contributed by atoms with Crippen LogP contribution in [0.15, 0.2) is 24.3 Å². The van der Waals surface area contributed by atoms with Crippen molar-refractivity contribution in [2.24, 2.45) is 11.7 Å². The van der Waals surface area contributed by atoms with E-state index in [1.807, 2.05) is 12.1 Å². The van der Waals surface area contributed by atoms with E-state index < -0.39 is 0 Å². The second-order valence-electron chi connectivity index (χ2n) is 5.79. The Kier molecular flexibility index (Phi) is 5.38. The number of piperazine rings is 1. The Hall–Kier alpha value is -1.13. The van der Waals surface area contributed by atoms with Crippen LogP contribution in [0.25, 0.3) is 0 Å². The van der Waals surface area contributed by atoms with Crippen molar-refractivity contribution in [3.63, 3.8) is 0 Å². The van der Waals surface area contributed by atoms with E-state index in [1.165, 1.54) is 6.07 Å². The van der Waals surface area contributed by atoms with Crippen LogP contribution in [0.1, 0.15) is 20.3 Å². The smallest absolute Gasteiger partial charge is 0.146 e. The average Bonchev–Trinajstić information content (AvgIpc) is 2.48. The van der Waals surface area contributed by atoms with Gasteiger partial charge in [-0.05, 0) is 18.1 Å². The molecule has 4 heteroatoms. The average molecular weight is 279 g/mol. The molecule has 20 heavy (non-hydrogen) atoms. The molecular weight excluding hydrogens is 253 g/mol. The maximum Gasteiger partial charge on any atom is 0.146 e. The van der Waals surface area contributed by atoms with Gasteiger partial charge in [0.1, 0.15) is 5.82 Å². The maximum absolute atomic E-state index is 13.8. The molecule has 1 fully saturated rings. The van der Waals surface area contributed by atoms with Crippen LogP contribution in [-0.2, 0) is 0 Å². The number of anilines is 1. The monoisotopic (exact) mass is 279 g/mol. The van der Waals surface area contributed by atoms with Gasteiger partial charge in [0, 0.05) is 38.8 Å². The summed E-state index contributed by atoms with van der Waals surface area (Å²) in [6, 6.07) is 7.25. The molecule has 1 aliphatic heterocycles. The molecule has 2 rings (SSSR count). The quantitative estimate of drug-likeness (QED) is 0.898. The minimum Gasteiger partial charge on any atom is -0.367 e. The van der Waals surface area contributed by atoms with E-state index in [2.05, 4.69) is 23.6 Å². The first kappa shape index (κ1) is 15.3. The molecule has 0 saturated carbocycles. The van der Waals surface area contributed by atoms with Gasteiger partial charge in [-0.3, -0.25) is 4.90 Å². The Morgan fingerprint density at radius 2 is 1.85 bits per heavy atom. The second-order valence-corrected chi connectivity index (χ2v) is 5.79. The zero-order valence-corrected chi connectivity index (χ0v) is 12.6. The molecule has 2 N–H and O–H groups in total. The van der Waals surface area contributed by atoms with Crippen molar-refractivity contribution in [3.8, 4) is 0 Å². The van der Waals surface area contributed by atoms with Gasteiger partial charge < -0.3 is 10.6 Å². The zero-order valence-electron chi connectivity index (χ0n) is 12.6. The van der Waals surface area contributed by atoms with Crippen LogP contribution in [0.3, 0.4) is 0 Å². The molecule has 2 atom stereocenters. The van der Waals surface area contributed by atoms with Crippen LogP contribution >= 0.6 is 0 Å². The summed E-state index contributed by atoms with van der Waals surface area (Å²) in [4.78, 5) is 4.52. The van der Waals surface area contributed by atoms with Crippen molar-refractivity contribution in [2.45, 2.75) is 26.3 Å². The Morgan fingerprint density at radius 1 is 1.20 bits per heavy atom. The van der Waals surface area contributed by atoms with Gasteiger partial charge in [-0.2, -0.15) is 0 Å². The van der Waals surface area contributed by atoms with Gasteiger partial charge in [0.25, 0.3) is 0 Å². The van der Waals surface area contributed by atoms with Crippen LogP contribution in [0.2, 0.25) is 0 Å². The van der Waals surface area contributed by atoms with Crippen molar-refractivity contribution in [2.75, 3.05) is 37.6 Å². The summed E-state index contributed by atoms with van der Waals surface area (Å²) >= 11 is 0. The van der Waals surface area contributed by atoms with E-state index in [1.54, 1.807) is 6.07 Å². The Morgan fingerprint density at radius 3 is 2.45 bits per heavy atom. The van der Waals surface area contributed by atoms with Gasteiger partial charge in [-0.25, -0.2) is 4.39 Å². The highest BCUT2D eigenvalue weighted by atomic mass is 19.1. The van der Waals surface area contributed by atoms with Gasteiger partial charge in [-0.15, -0.1) is 0 Å². The van der Waals surface area contributed by atoms with Gasteiger partial charge in [-0.1, -0.05) is 32.4 Å². The summed E-state index contributed by atoms with van der Waals surface area (Å²) < 4.78 is 13.8. The van der Waals surface area contributed by atoms with Crippen LogP contribution < -0.4 is 10.6 Å². The van der Waals surface area contributed by atoms with Crippen molar-refractivity contribution in [1.29, 1.82) is 0 Å². The van der Waals surface area contributed by atoms with Gasteiger partial charge in [0.15, 0.2) is 0 Å². The number of rotatable bonds is 5. The van der Waals surface area contributed by atoms with Gasteiger partial charge >= 0.3 is 0 Å². The van der Waals surface area contributed by atoms with E-state index in [4.69, 9.17) is 5.73 Å². The number of hydrogen-bond donors (Lipinski definition) is 1. The minimum atomic E-state index is -0.128. The molecule has 1 aromatic rings. The summed E-state index contributed by atoms with van der Waals surface area (Å²) in [5.41, 5.74) is 6.93. The van der Waals surface area contributed by atoms with Crippen molar-refractivity contribution < 1.29 is 4.39 Å². The molecule has 1 aromatic carbocycles. The van der Waals surface area contributed by atoms with Crippen molar-refractivity contribution in [3.05, 3.63) is 30.1 Å². The summed E-state index contributed by atoms with van der Waals surface area (Å²) in [7, 11) is 0. The number of para-hydroxylation sites is 1. The molecule has 3 nitrogen and oxygen atoms in total. The molecular formula is C16H26FN3. The molecule has 0 spiro atoms. The summed E-state index contributed by atoms with van der Waals surface area (Å²) in [5.74, 6) is 0.428. The number of hydrogen-bond acceptors (Lipinski definition) is 3. The topological polar surface area (TPSA) is 32.5 Å². The zero-order chi connectivity index (χ0) is 14.5. The van der Waals surface area contributed by atoms with Gasteiger partial charge in [0.05, 0.1) is 5.69 Å². The summed E-state index contributed by atoms with van der Waals surface area (Å²) in [6.45, 7) is 8.99. The minimum absolute atomic E-state index is 0.128. The molecule has 0 bridgehead atoms. The fourth-order valence-corrected chi connectivity index (χ4v) is 2.66. The van der Waals surface area contributed by atoms with Crippen LogP contribution in [0.4, 0.5) is 10.1 Å². The van der Waals surface area contributed by atoms with E-state index in [-0.39, 0.29) is 11.9 Å². The summed E-state index contributed by atoms with van der Waals surface area (Å²) in [5, 5.41) is 0. The third-order valence-corrected chi connectivity index (χ3v) is 4.41. The molecule has 1 aliphatic rings. The van der Waals surface area contributed by atoms with Crippen LogP contribution in [-0.4, -0.2) is 43.7 Å². The maximum atomic E-state index is 13.8. The molecule has 1 heterocycles. The van der Waals surface area contributed by atoms with Crippen molar-refractivity contribution in [1.82, 2.24) is 4.90 Å². The predicted molar refractivity (Wildman–Crippen MR) is 82.5 cm³/mol. The normalized spacial score (nSPS) is 19.9. The largest absolute Gasteiger partial charge is 0.367 e. The Bertz CT molecular complexity index is 416. The molecule has 1 saturated heterocycles. The highest BCUT2D eigenvalue weighted by Gasteiger charge is 2.21. The molecule has 0 aliphatic carbocycles. The van der Waals surface area contributed by atoms with E-state index in [0.717, 1.165) is 44.8 Å². The fourth-order valence-electron chi connectivity index (χ4n) is 2.66. The molecule has 0 aromatic heterocycles. The lowest BCUT2D eigenvalue weighted by Crippen LogP contribution is -2.51. The SMILES string of the molecule is CCC(C)C(N)CN1CCN(c2ccccc2F)CC1. The lowest BCUT2D eigenvalue weighted by Gasteiger charge is -2.37. The van der Waals surface area contributed by atoms with E-state index in [9.17, 15) is 4.39 Å². The molecule has 112 valence electrons. The highest BCUT2D eigenvalue weighted by molar-refractivity contribution is 5.47. The predicted octanol–water partition coefficient (Wildman–Crippen LogP) is 2.32. The first-order valence-corrected chi connectivity index (χ1v) is 7.59. The third-order valence-electron chi connectivity index (χ3n) is 4.41. The lowest BCUT2D eigenvalue weighted by atomic mass is 9.99. The van der Waals surface area contributed by atoms with Gasteiger partial charge in [0.2, 0.25) is 0 Å². The number of nitrogens with two attached hydrogens (primary N) is 1. The highest BCUT2D eigenvalue weighted by Crippen LogP contribution is 2.20. The summed E-state index contributed by atoms with van der Waals surface area (Å²) in [6.07, 6.45) is 1.12. The lowest BCUT2D eigenvalue weighted by molar-refractivity contribution is 0.220. The number of benzene rings is 1. The molecule has 0 amide bonds. The Labute approximate surface area is 121 Å². The van der Waals surface area contributed by atoms with E-state index >= 15 is 0 Å². The molecule has 2 unspecified atom stereocenters. The first-order valence-electron chi connectivity index (χ1n) is 7.59. The first-order chi connectivity index (χ1) is 9.61.